The van der Waals surface area contributed by atoms with Crippen LogP contribution in [0.15, 0.2) is 0 Å². The van der Waals surface area contributed by atoms with Crippen LogP contribution in [0.25, 0.3) is 0 Å². The average Bonchev–Trinajstić information content (AvgIpc) is 2.03. The van der Waals surface area contributed by atoms with E-state index in [1.807, 2.05) is 6.92 Å². The van der Waals surface area contributed by atoms with Crippen LogP contribution in [0.3, 0.4) is 0 Å². The van der Waals surface area contributed by atoms with Crippen LogP contribution in [-0.4, -0.2) is 19.0 Å². The summed E-state index contributed by atoms with van der Waals surface area (Å²) < 4.78 is 5.22. The van der Waals surface area contributed by atoms with E-state index in [1.165, 1.54) is 6.42 Å². The number of ether oxygens (including phenoxy) is 1. The lowest BCUT2D eigenvalue weighted by molar-refractivity contribution is -0.126. The fourth-order valence-electron chi connectivity index (χ4n) is 1.49. The van der Waals surface area contributed by atoms with Gasteiger partial charge in [-0.3, -0.25) is 4.79 Å². The van der Waals surface area contributed by atoms with Crippen molar-refractivity contribution in [2.45, 2.75) is 32.6 Å². The summed E-state index contributed by atoms with van der Waals surface area (Å²) in [6, 6.07) is 0. The highest BCUT2D eigenvalue weighted by molar-refractivity contribution is 5.81. The van der Waals surface area contributed by atoms with E-state index in [-0.39, 0.29) is 5.92 Å². The van der Waals surface area contributed by atoms with Crippen molar-refractivity contribution in [3.8, 4) is 0 Å². The molecule has 0 saturated heterocycles. The molecule has 1 rings (SSSR count). The van der Waals surface area contributed by atoms with Gasteiger partial charge in [0.2, 0.25) is 0 Å². The molecule has 1 saturated carbocycles. The number of rotatable bonds is 3. The molecule has 64 valence electrons. The molecule has 0 heterocycles. The van der Waals surface area contributed by atoms with Crippen LogP contribution in [0.2, 0.25) is 0 Å². The number of ketones is 1. The zero-order chi connectivity index (χ0) is 8.10. The topological polar surface area (TPSA) is 26.3 Å². The quantitative estimate of drug-likeness (QED) is 0.622. The van der Waals surface area contributed by atoms with Gasteiger partial charge in [0, 0.05) is 18.9 Å². The number of carbonyl (C=O) groups excluding carboxylic acids is 1. The molecule has 1 fully saturated rings. The summed E-state index contributed by atoms with van der Waals surface area (Å²) in [7, 11) is 0. The second-order valence-corrected chi connectivity index (χ2v) is 3.07. The summed E-state index contributed by atoms with van der Waals surface area (Å²) in [6.45, 7) is 3.34. The van der Waals surface area contributed by atoms with Crippen molar-refractivity contribution in [1.29, 1.82) is 0 Å². The number of carbonyl (C=O) groups is 1. The molecule has 0 bridgehead atoms. The Morgan fingerprint density at radius 1 is 1.55 bits per heavy atom. The molecular formula is C9H16O2. The molecular weight excluding hydrogens is 140 g/mol. The summed E-state index contributed by atoms with van der Waals surface area (Å²) in [5.74, 6) is 0.619. The van der Waals surface area contributed by atoms with Gasteiger partial charge in [0.05, 0.1) is 6.61 Å². The number of hydrogen-bond acceptors (Lipinski definition) is 2. The first kappa shape index (κ1) is 8.72. The second kappa shape index (κ2) is 4.50. The van der Waals surface area contributed by atoms with Crippen LogP contribution in [0.5, 0.6) is 0 Å². The van der Waals surface area contributed by atoms with Crippen molar-refractivity contribution in [2.24, 2.45) is 5.92 Å². The fraction of sp³-hybridized carbons (Fsp3) is 0.889. The second-order valence-electron chi connectivity index (χ2n) is 3.07. The number of Topliss-reactive ketones (excluding diaryl/α,β-unsaturated/α-hetero) is 1. The molecule has 0 radical (unpaired) electrons. The highest BCUT2D eigenvalue weighted by Gasteiger charge is 2.21. The Morgan fingerprint density at radius 2 is 2.36 bits per heavy atom. The highest BCUT2D eigenvalue weighted by Crippen LogP contribution is 2.20. The summed E-state index contributed by atoms with van der Waals surface area (Å²) in [5.41, 5.74) is 0. The largest absolute Gasteiger partial charge is 0.381 e. The van der Waals surface area contributed by atoms with E-state index in [0.29, 0.717) is 12.4 Å². The van der Waals surface area contributed by atoms with Crippen LogP contribution >= 0.6 is 0 Å². The summed E-state index contributed by atoms with van der Waals surface area (Å²) in [4.78, 5) is 11.2. The lowest BCUT2D eigenvalue weighted by Gasteiger charge is -2.19. The monoisotopic (exact) mass is 156 g/mol. The molecule has 11 heavy (non-hydrogen) atoms. The molecule has 0 aromatic heterocycles. The smallest absolute Gasteiger partial charge is 0.138 e. The Morgan fingerprint density at radius 3 is 3.00 bits per heavy atom. The lowest BCUT2D eigenvalue weighted by Crippen LogP contribution is -2.23. The van der Waals surface area contributed by atoms with Crippen LogP contribution in [-0.2, 0) is 9.53 Å². The number of hydrogen-bond donors (Lipinski definition) is 0. The van der Waals surface area contributed by atoms with Crippen molar-refractivity contribution in [3.05, 3.63) is 0 Å². The molecule has 0 aromatic carbocycles. The minimum absolute atomic E-state index is 0.212. The molecule has 1 unspecified atom stereocenters. The third-order valence-electron chi connectivity index (χ3n) is 2.20. The molecule has 2 nitrogen and oxygen atoms in total. The summed E-state index contributed by atoms with van der Waals surface area (Å²) in [6.07, 6.45) is 4.10. The van der Waals surface area contributed by atoms with E-state index >= 15 is 0 Å². The molecule has 0 spiro atoms. The van der Waals surface area contributed by atoms with Gasteiger partial charge in [-0.05, 0) is 19.8 Å². The molecule has 1 aliphatic rings. The van der Waals surface area contributed by atoms with Crippen LogP contribution in [0, 0.1) is 5.92 Å². The van der Waals surface area contributed by atoms with Crippen molar-refractivity contribution < 1.29 is 9.53 Å². The van der Waals surface area contributed by atoms with Crippen LogP contribution < -0.4 is 0 Å². The van der Waals surface area contributed by atoms with E-state index in [0.717, 1.165) is 25.9 Å². The molecule has 0 amide bonds. The Kier molecular flexibility index (Phi) is 3.57. The van der Waals surface area contributed by atoms with Gasteiger partial charge in [-0.15, -0.1) is 0 Å². The first-order valence-corrected chi connectivity index (χ1v) is 4.45. The zero-order valence-corrected chi connectivity index (χ0v) is 7.14. The molecule has 1 aliphatic carbocycles. The Hall–Kier alpha value is -0.370. The molecule has 2 heteroatoms. The minimum atomic E-state index is 0.212. The van der Waals surface area contributed by atoms with Gasteiger partial charge >= 0.3 is 0 Å². The molecule has 0 N–H and O–H groups in total. The van der Waals surface area contributed by atoms with Crippen LogP contribution in [0.1, 0.15) is 32.6 Å². The van der Waals surface area contributed by atoms with Crippen molar-refractivity contribution in [3.63, 3.8) is 0 Å². The van der Waals surface area contributed by atoms with Gasteiger partial charge in [0.15, 0.2) is 0 Å². The Labute approximate surface area is 67.9 Å². The first-order chi connectivity index (χ1) is 5.34. The fourth-order valence-corrected chi connectivity index (χ4v) is 1.49. The van der Waals surface area contributed by atoms with Gasteiger partial charge < -0.3 is 4.74 Å². The van der Waals surface area contributed by atoms with Crippen molar-refractivity contribution in [2.75, 3.05) is 13.2 Å². The van der Waals surface area contributed by atoms with Gasteiger partial charge in [-0.25, -0.2) is 0 Å². The zero-order valence-electron chi connectivity index (χ0n) is 7.14. The van der Waals surface area contributed by atoms with Crippen LogP contribution in [0.4, 0.5) is 0 Å². The molecule has 1 atom stereocenters. The van der Waals surface area contributed by atoms with E-state index in [2.05, 4.69) is 0 Å². The molecule has 0 aromatic rings. The first-order valence-electron chi connectivity index (χ1n) is 4.45. The van der Waals surface area contributed by atoms with Gasteiger partial charge in [0.1, 0.15) is 5.78 Å². The Balaban J connectivity index is 2.24. The maximum atomic E-state index is 11.2. The predicted molar refractivity (Wildman–Crippen MR) is 43.5 cm³/mol. The summed E-state index contributed by atoms with van der Waals surface area (Å²) in [5, 5.41) is 0. The highest BCUT2D eigenvalue weighted by atomic mass is 16.5. The third kappa shape index (κ3) is 2.62. The van der Waals surface area contributed by atoms with E-state index in [1.54, 1.807) is 0 Å². The van der Waals surface area contributed by atoms with E-state index in [9.17, 15) is 4.79 Å². The van der Waals surface area contributed by atoms with Gasteiger partial charge in [-0.2, -0.15) is 0 Å². The van der Waals surface area contributed by atoms with Gasteiger partial charge in [-0.1, -0.05) is 6.42 Å². The standard InChI is InChI=1S/C9H16O2/c1-2-11-7-8-5-3-4-6-9(8)10/h8H,2-7H2,1H3. The summed E-state index contributed by atoms with van der Waals surface area (Å²) >= 11 is 0. The maximum absolute atomic E-state index is 11.2. The average molecular weight is 156 g/mol. The maximum Gasteiger partial charge on any atom is 0.138 e. The minimum Gasteiger partial charge on any atom is -0.381 e. The van der Waals surface area contributed by atoms with E-state index in [4.69, 9.17) is 4.74 Å². The Bertz CT molecular complexity index is 132. The lowest BCUT2D eigenvalue weighted by atomic mass is 9.89. The van der Waals surface area contributed by atoms with E-state index < -0.39 is 0 Å². The SMILES string of the molecule is CCOCC1CCCCC1=O. The normalized spacial score (nSPS) is 25.5. The third-order valence-corrected chi connectivity index (χ3v) is 2.20. The van der Waals surface area contributed by atoms with Crippen molar-refractivity contribution in [1.82, 2.24) is 0 Å². The molecule has 0 aliphatic heterocycles. The van der Waals surface area contributed by atoms with Crippen molar-refractivity contribution >= 4 is 5.78 Å². The van der Waals surface area contributed by atoms with Gasteiger partial charge in [0.25, 0.3) is 0 Å². The predicted octanol–water partition coefficient (Wildman–Crippen LogP) is 1.78.